The zero-order valence-electron chi connectivity index (χ0n) is 14.2. The van der Waals surface area contributed by atoms with Crippen molar-refractivity contribution in [3.05, 3.63) is 70.7 Å². The Kier molecular flexibility index (Phi) is 3.43. The number of pyridine rings is 1. The van der Waals surface area contributed by atoms with E-state index in [1.54, 1.807) is 23.8 Å². The molecule has 0 N–H and O–H groups in total. The molecular formula is C19H17ClFN5. The Morgan fingerprint density at radius 1 is 1.27 bits per heavy atom. The standard InChI is InChI=1S/C19H17ClFN5/c1-12-7-15(8-16(20)18(12)21)25-10-14-3-2-6-24(14)19(25)13-4-5-17-22-11-23-26(17)9-13/h4-5,7-11,19H,2-3,6H2,1H3. The lowest BCUT2D eigenvalue weighted by atomic mass is 10.1. The molecule has 3 aromatic rings. The summed E-state index contributed by atoms with van der Waals surface area (Å²) in [5.74, 6) is -0.358. The van der Waals surface area contributed by atoms with Gasteiger partial charge in [0.25, 0.3) is 0 Å². The van der Waals surface area contributed by atoms with Crippen molar-refractivity contribution in [1.29, 1.82) is 0 Å². The molecule has 1 aromatic carbocycles. The van der Waals surface area contributed by atoms with Crippen molar-refractivity contribution in [2.75, 3.05) is 11.4 Å². The van der Waals surface area contributed by atoms with Crippen LogP contribution in [0.1, 0.15) is 30.1 Å². The van der Waals surface area contributed by atoms with Crippen LogP contribution >= 0.6 is 11.6 Å². The molecule has 132 valence electrons. The molecule has 0 amide bonds. The third-order valence-corrected chi connectivity index (χ3v) is 5.41. The minimum atomic E-state index is -0.358. The Morgan fingerprint density at radius 2 is 2.15 bits per heavy atom. The molecule has 0 saturated carbocycles. The normalized spacial score (nSPS) is 19.3. The summed E-state index contributed by atoms with van der Waals surface area (Å²) < 4.78 is 15.8. The van der Waals surface area contributed by atoms with Gasteiger partial charge in [0, 0.05) is 35.9 Å². The summed E-state index contributed by atoms with van der Waals surface area (Å²) in [6.07, 6.45) is 7.91. The Labute approximate surface area is 155 Å². The summed E-state index contributed by atoms with van der Waals surface area (Å²) in [5, 5.41) is 4.40. The number of allylic oxidation sites excluding steroid dienone is 1. The number of benzene rings is 1. The number of rotatable bonds is 2. The number of fused-ring (bicyclic) bond motifs is 2. The SMILES string of the molecule is Cc1cc(N2C=C3CCCN3C2c2ccc3ncnn3c2)cc(Cl)c1F. The molecule has 0 radical (unpaired) electrons. The third-order valence-electron chi connectivity index (χ3n) is 5.14. The predicted octanol–water partition coefficient (Wildman–Crippen LogP) is 4.29. The van der Waals surface area contributed by atoms with Crippen molar-refractivity contribution in [1.82, 2.24) is 19.5 Å². The molecule has 0 aliphatic carbocycles. The van der Waals surface area contributed by atoms with Gasteiger partial charge in [0.2, 0.25) is 0 Å². The van der Waals surface area contributed by atoms with E-state index in [-0.39, 0.29) is 17.0 Å². The van der Waals surface area contributed by atoms with Gasteiger partial charge < -0.3 is 9.80 Å². The van der Waals surface area contributed by atoms with Crippen LogP contribution in [0.25, 0.3) is 5.65 Å². The van der Waals surface area contributed by atoms with Gasteiger partial charge in [-0.15, -0.1) is 0 Å². The molecule has 2 aromatic heterocycles. The molecule has 26 heavy (non-hydrogen) atoms. The van der Waals surface area contributed by atoms with Gasteiger partial charge in [0.15, 0.2) is 5.65 Å². The van der Waals surface area contributed by atoms with Crippen molar-refractivity contribution >= 4 is 22.9 Å². The third kappa shape index (κ3) is 2.29. The maximum atomic E-state index is 14.0. The smallest absolute Gasteiger partial charge is 0.155 e. The minimum Gasteiger partial charge on any atom is -0.349 e. The number of hydrogen-bond donors (Lipinski definition) is 0. The van der Waals surface area contributed by atoms with E-state index in [1.807, 2.05) is 18.3 Å². The van der Waals surface area contributed by atoms with Gasteiger partial charge in [0.1, 0.15) is 18.3 Å². The largest absolute Gasteiger partial charge is 0.349 e. The first-order chi connectivity index (χ1) is 12.6. The van der Waals surface area contributed by atoms with E-state index in [1.165, 1.54) is 5.70 Å². The molecule has 4 heterocycles. The highest BCUT2D eigenvalue weighted by Crippen LogP contribution is 2.43. The fraction of sp³-hybridized carbons (Fsp3) is 0.263. The van der Waals surface area contributed by atoms with E-state index in [4.69, 9.17) is 11.6 Å². The number of aryl methyl sites for hydroxylation is 1. The maximum absolute atomic E-state index is 14.0. The van der Waals surface area contributed by atoms with E-state index in [9.17, 15) is 4.39 Å². The molecule has 5 nitrogen and oxygen atoms in total. The molecule has 5 rings (SSSR count). The van der Waals surface area contributed by atoms with Crippen LogP contribution < -0.4 is 4.90 Å². The second-order valence-corrected chi connectivity index (χ2v) is 7.19. The molecule has 2 aliphatic rings. The van der Waals surface area contributed by atoms with Crippen molar-refractivity contribution in [3.63, 3.8) is 0 Å². The Hall–Kier alpha value is -2.60. The molecule has 1 atom stereocenters. The van der Waals surface area contributed by atoms with Gasteiger partial charge in [-0.1, -0.05) is 11.6 Å². The summed E-state index contributed by atoms with van der Waals surface area (Å²) in [4.78, 5) is 8.78. The summed E-state index contributed by atoms with van der Waals surface area (Å²) in [6, 6.07) is 7.60. The van der Waals surface area contributed by atoms with Gasteiger partial charge >= 0.3 is 0 Å². The monoisotopic (exact) mass is 369 g/mol. The molecule has 2 aliphatic heterocycles. The van der Waals surface area contributed by atoms with Crippen LogP contribution in [0.4, 0.5) is 10.1 Å². The van der Waals surface area contributed by atoms with E-state index < -0.39 is 0 Å². The van der Waals surface area contributed by atoms with E-state index in [0.29, 0.717) is 5.56 Å². The topological polar surface area (TPSA) is 36.7 Å². The average molecular weight is 370 g/mol. The molecule has 1 fully saturated rings. The van der Waals surface area contributed by atoms with Crippen molar-refractivity contribution in [3.8, 4) is 0 Å². The summed E-state index contributed by atoms with van der Waals surface area (Å²) in [7, 11) is 0. The second-order valence-electron chi connectivity index (χ2n) is 6.78. The number of anilines is 1. The molecular weight excluding hydrogens is 353 g/mol. The number of hydrogen-bond acceptors (Lipinski definition) is 4. The van der Waals surface area contributed by atoms with Crippen molar-refractivity contribution in [2.24, 2.45) is 0 Å². The number of nitrogens with zero attached hydrogens (tertiary/aromatic N) is 5. The Balaban J connectivity index is 1.63. The van der Waals surface area contributed by atoms with Gasteiger partial charge in [-0.05, 0) is 49.6 Å². The van der Waals surface area contributed by atoms with Crippen LogP contribution in [0.2, 0.25) is 5.02 Å². The molecule has 1 unspecified atom stereocenters. The summed E-state index contributed by atoms with van der Waals surface area (Å²) in [5.41, 5.74) is 4.65. The van der Waals surface area contributed by atoms with Crippen LogP contribution in [0, 0.1) is 12.7 Å². The van der Waals surface area contributed by atoms with Crippen LogP contribution in [-0.4, -0.2) is 26.0 Å². The van der Waals surface area contributed by atoms with Crippen molar-refractivity contribution in [2.45, 2.75) is 25.9 Å². The number of aromatic nitrogens is 3. The van der Waals surface area contributed by atoms with Crippen molar-refractivity contribution < 1.29 is 4.39 Å². The van der Waals surface area contributed by atoms with Crippen LogP contribution in [0.15, 0.2) is 48.7 Å². The first-order valence-corrected chi connectivity index (χ1v) is 9.00. The fourth-order valence-corrected chi connectivity index (χ4v) is 4.18. The molecule has 0 spiro atoms. The Bertz CT molecular complexity index is 1020. The number of halogens is 2. The summed E-state index contributed by atoms with van der Waals surface area (Å²) in [6.45, 7) is 2.74. The average Bonchev–Trinajstić information content (AvgIpc) is 3.33. The lowest BCUT2D eigenvalue weighted by Crippen LogP contribution is -2.31. The minimum absolute atomic E-state index is 0.00188. The quantitative estimate of drug-likeness (QED) is 0.675. The lowest BCUT2D eigenvalue weighted by Gasteiger charge is -2.32. The van der Waals surface area contributed by atoms with E-state index >= 15 is 0 Å². The molecule has 0 bridgehead atoms. The first kappa shape index (κ1) is 15.6. The van der Waals surface area contributed by atoms with Crippen LogP contribution in [0.3, 0.4) is 0 Å². The zero-order chi connectivity index (χ0) is 17.8. The predicted molar refractivity (Wildman–Crippen MR) is 98.4 cm³/mol. The van der Waals surface area contributed by atoms with Gasteiger partial charge in [-0.3, -0.25) is 0 Å². The van der Waals surface area contributed by atoms with E-state index in [2.05, 4.69) is 32.1 Å². The molecule has 1 saturated heterocycles. The lowest BCUT2D eigenvalue weighted by molar-refractivity contribution is 0.318. The van der Waals surface area contributed by atoms with Gasteiger partial charge in [0.05, 0.1) is 5.02 Å². The highest BCUT2D eigenvalue weighted by Gasteiger charge is 2.37. The van der Waals surface area contributed by atoms with Gasteiger partial charge in [-0.25, -0.2) is 13.9 Å². The first-order valence-electron chi connectivity index (χ1n) is 8.62. The fourth-order valence-electron chi connectivity index (χ4n) is 3.92. The molecule has 7 heteroatoms. The zero-order valence-corrected chi connectivity index (χ0v) is 15.0. The van der Waals surface area contributed by atoms with Gasteiger partial charge in [-0.2, -0.15) is 5.10 Å². The maximum Gasteiger partial charge on any atom is 0.155 e. The summed E-state index contributed by atoms with van der Waals surface area (Å²) >= 11 is 6.12. The van der Waals surface area contributed by atoms with E-state index in [0.717, 1.165) is 36.3 Å². The van der Waals surface area contributed by atoms with Crippen LogP contribution in [0.5, 0.6) is 0 Å². The van der Waals surface area contributed by atoms with Crippen LogP contribution in [-0.2, 0) is 0 Å². The highest BCUT2D eigenvalue weighted by molar-refractivity contribution is 6.31. The highest BCUT2D eigenvalue weighted by atomic mass is 35.5. The Morgan fingerprint density at radius 3 is 3.00 bits per heavy atom. The second kappa shape index (κ2) is 5.71.